The fraction of sp³-hybridized carbons (Fsp3) is 0.611. The lowest BCUT2D eigenvalue weighted by Crippen LogP contribution is -2.42. The maximum Gasteiger partial charge on any atom is 0.315 e. The quantitative estimate of drug-likeness (QED) is 0.723. The normalized spacial score (nSPS) is 14.3. The van der Waals surface area contributed by atoms with Crippen molar-refractivity contribution in [3.8, 4) is 0 Å². The van der Waals surface area contributed by atoms with Crippen LogP contribution in [0.5, 0.6) is 0 Å². The van der Waals surface area contributed by atoms with Gasteiger partial charge in [0.2, 0.25) is 0 Å². The number of nitrogens with one attached hydrogen (secondary N) is 2. The Morgan fingerprint density at radius 2 is 1.82 bits per heavy atom. The highest BCUT2D eigenvalue weighted by atomic mass is 16.3. The Morgan fingerprint density at radius 3 is 2.32 bits per heavy atom. The van der Waals surface area contributed by atoms with Gasteiger partial charge in [-0.25, -0.2) is 4.79 Å². The molecule has 124 valence electrons. The molecule has 2 amide bonds. The fourth-order valence-corrected chi connectivity index (χ4v) is 2.56. The van der Waals surface area contributed by atoms with Crippen LogP contribution in [0.3, 0.4) is 0 Å². The molecule has 0 radical (unpaired) electrons. The molecule has 0 saturated heterocycles. The monoisotopic (exact) mass is 306 g/mol. The predicted molar refractivity (Wildman–Crippen MR) is 90.8 cm³/mol. The summed E-state index contributed by atoms with van der Waals surface area (Å²) in [6, 6.07) is 8.09. The molecule has 0 aliphatic carbocycles. The van der Waals surface area contributed by atoms with Crippen molar-refractivity contribution in [2.75, 3.05) is 6.54 Å². The first-order chi connectivity index (χ1) is 10.2. The van der Waals surface area contributed by atoms with Gasteiger partial charge >= 0.3 is 6.03 Å². The lowest BCUT2D eigenvalue weighted by molar-refractivity contribution is 0.128. The minimum atomic E-state index is -0.365. The molecule has 22 heavy (non-hydrogen) atoms. The largest absolute Gasteiger partial charge is 0.393 e. The van der Waals surface area contributed by atoms with Gasteiger partial charge in [0.25, 0.3) is 0 Å². The van der Waals surface area contributed by atoms with Crippen LogP contribution < -0.4 is 10.6 Å². The number of benzene rings is 1. The molecule has 2 unspecified atom stereocenters. The molecule has 0 aromatic heterocycles. The van der Waals surface area contributed by atoms with Gasteiger partial charge in [0.05, 0.1) is 12.1 Å². The van der Waals surface area contributed by atoms with Crippen LogP contribution in [-0.4, -0.2) is 23.8 Å². The molecule has 0 fully saturated rings. The van der Waals surface area contributed by atoms with Crippen LogP contribution in [0.1, 0.15) is 58.2 Å². The minimum Gasteiger partial charge on any atom is -0.393 e. The topological polar surface area (TPSA) is 61.4 Å². The Labute approximate surface area is 134 Å². The van der Waals surface area contributed by atoms with Gasteiger partial charge in [0.1, 0.15) is 0 Å². The van der Waals surface area contributed by atoms with E-state index in [2.05, 4.69) is 41.8 Å². The molecule has 1 aromatic carbocycles. The Kier molecular flexibility index (Phi) is 6.88. The van der Waals surface area contributed by atoms with Crippen LogP contribution in [0.25, 0.3) is 0 Å². The average molecular weight is 306 g/mol. The van der Waals surface area contributed by atoms with Crippen molar-refractivity contribution in [3.05, 3.63) is 35.4 Å². The zero-order valence-corrected chi connectivity index (χ0v) is 14.4. The highest BCUT2D eigenvalue weighted by molar-refractivity contribution is 5.74. The Balaban J connectivity index is 2.46. The van der Waals surface area contributed by atoms with Gasteiger partial charge in [-0.15, -0.1) is 0 Å². The number of aliphatic hydroxyl groups is 1. The van der Waals surface area contributed by atoms with Gasteiger partial charge in [-0.3, -0.25) is 0 Å². The van der Waals surface area contributed by atoms with Gasteiger partial charge in [0.15, 0.2) is 0 Å². The minimum absolute atomic E-state index is 0.0363. The van der Waals surface area contributed by atoms with E-state index in [4.69, 9.17) is 0 Å². The van der Waals surface area contributed by atoms with E-state index in [9.17, 15) is 9.90 Å². The third-order valence-corrected chi connectivity index (χ3v) is 3.81. The average Bonchev–Trinajstić information content (AvgIpc) is 2.44. The van der Waals surface area contributed by atoms with E-state index in [1.807, 2.05) is 20.8 Å². The summed E-state index contributed by atoms with van der Waals surface area (Å²) >= 11 is 0. The predicted octanol–water partition coefficient (Wildman–Crippen LogP) is 3.41. The van der Waals surface area contributed by atoms with Crippen LogP contribution >= 0.6 is 0 Å². The van der Waals surface area contributed by atoms with Gasteiger partial charge in [-0.2, -0.15) is 0 Å². The number of hydrogen-bond donors (Lipinski definition) is 3. The van der Waals surface area contributed by atoms with E-state index in [1.54, 1.807) is 6.92 Å². The summed E-state index contributed by atoms with van der Waals surface area (Å²) in [4.78, 5) is 12.0. The summed E-state index contributed by atoms with van der Waals surface area (Å²) in [5.74, 6) is 0. The molecule has 1 aromatic rings. The molecule has 4 heteroatoms. The zero-order valence-electron chi connectivity index (χ0n) is 14.4. The summed E-state index contributed by atoms with van der Waals surface area (Å²) in [5.41, 5.74) is 2.26. The smallest absolute Gasteiger partial charge is 0.315 e. The van der Waals surface area contributed by atoms with Crippen molar-refractivity contribution in [2.24, 2.45) is 5.41 Å². The van der Waals surface area contributed by atoms with E-state index in [0.717, 1.165) is 12.0 Å². The number of urea groups is 1. The Bertz CT molecular complexity index is 466. The summed E-state index contributed by atoms with van der Waals surface area (Å²) in [7, 11) is 0. The molecule has 4 nitrogen and oxygen atoms in total. The SMILES string of the molecule is CCc1ccc(C(C)NC(=O)NCC(C)(C)CC(C)O)cc1. The maximum absolute atomic E-state index is 12.0. The molecule has 0 saturated carbocycles. The van der Waals surface area contributed by atoms with Crippen molar-refractivity contribution in [3.63, 3.8) is 0 Å². The van der Waals surface area contributed by atoms with E-state index in [1.165, 1.54) is 5.56 Å². The third-order valence-electron chi connectivity index (χ3n) is 3.81. The molecule has 0 spiro atoms. The Hall–Kier alpha value is -1.55. The van der Waals surface area contributed by atoms with E-state index in [-0.39, 0.29) is 23.6 Å². The van der Waals surface area contributed by atoms with Crippen LogP contribution in [0.4, 0.5) is 4.79 Å². The maximum atomic E-state index is 12.0. The lowest BCUT2D eigenvalue weighted by Gasteiger charge is -2.27. The Morgan fingerprint density at radius 1 is 1.23 bits per heavy atom. The summed E-state index contributed by atoms with van der Waals surface area (Å²) in [5, 5.41) is 15.3. The van der Waals surface area contributed by atoms with Gasteiger partial charge < -0.3 is 15.7 Å². The molecule has 0 heterocycles. The highest BCUT2D eigenvalue weighted by Crippen LogP contribution is 2.21. The molecular formula is C18H30N2O2. The van der Waals surface area contributed by atoms with Crippen molar-refractivity contribution in [1.29, 1.82) is 0 Å². The standard InChI is InChI=1S/C18H30N2O2/c1-6-15-7-9-16(10-8-15)14(3)20-17(22)19-12-18(4,5)11-13(2)21/h7-10,13-14,21H,6,11-12H2,1-5H3,(H2,19,20,22). The number of aliphatic hydroxyl groups excluding tert-OH is 1. The number of hydrogen-bond acceptors (Lipinski definition) is 2. The number of amides is 2. The second-order valence-corrected chi connectivity index (χ2v) is 6.86. The third kappa shape index (κ3) is 6.48. The number of aryl methyl sites for hydroxylation is 1. The number of carbonyl (C=O) groups is 1. The van der Waals surface area contributed by atoms with Crippen molar-refractivity contribution >= 4 is 6.03 Å². The second-order valence-electron chi connectivity index (χ2n) is 6.86. The van der Waals surface area contributed by atoms with Crippen LogP contribution in [0, 0.1) is 5.41 Å². The first-order valence-corrected chi connectivity index (χ1v) is 8.05. The van der Waals surface area contributed by atoms with E-state index in [0.29, 0.717) is 13.0 Å². The molecule has 1 rings (SSSR count). The molecule has 3 N–H and O–H groups in total. The number of rotatable bonds is 7. The van der Waals surface area contributed by atoms with Gasteiger partial charge in [-0.1, -0.05) is 45.0 Å². The van der Waals surface area contributed by atoms with E-state index >= 15 is 0 Å². The highest BCUT2D eigenvalue weighted by Gasteiger charge is 2.21. The van der Waals surface area contributed by atoms with Crippen molar-refractivity contribution in [1.82, 2.24) is 10.6 Å². The number of carbonyl (C=O) groups excluding carboxylic acids is 1. The first-order valence-electron chi connectivity index (χ1n) is 8.05. The van der Waals surface area contributed by atoms with Gasteiger partial charge in [0, 0.05) is 6.54 Å². The van der Waals surface area contributed by atoms with Crippen molar-refractivity contribution in [2.45, 2.75) is 59.6 Å². The van der Waals surface area contributed by atoms with Crippen molar-refractivity contribution < 1.29 is 9.90 Å². The lowest BCUT2D eigenvalue weighted by atomic mass is 9.87. The van der Waals surface area contributed by atoms with Crippen LogP contribution in [-0.2, 0) is 6.42 Å². The molecule has 0 aliphatic rings. The van der Waals surface area contributed by atoms with Crippen LogP contribution in [0.15, 0.2) is 24.3 Å². The molecule has 2 atom stereocenters. The zero-order chi connectivity index (χ0) is 16.8. The van der Waals surface area contributed by atoms with E-state index < -0.39 is 0 Å². The first kappa shape index (κ1) is 18.5. The second kappa shape index (κ2) is 8.18. The molecular weight excluding hydrogens is 276 g/mol. The summed E-state index contributed by atoms with van der Waals surface area (Å²) in [6.07, 6.45) is 1.30. The summed E-state index contributed by atoms with van der Waals surface area (Å²) < 4.78 is 0. The van der Waals surface area contributed by atoms with Gasteiger partial charge in [-0.05, 0) is 43.2 Å². The summed E-state index contributed by atoms with van der Waals surface area (Å²) in [6.45, 7) is 10.5. The molecule has 0 bridgehead atoms. The molecule has 0 aliphatic heterocycles. The fourth-order valence-electron chi connectivity index (χ4n) is 2.56. The van der Waals surface area contributed by atoms with Crippen LogP contribution in [0.2, 0.25) is 0 Å².